The van der Waals surface area contributed by atoms with Gasteiger partial charge in [-0.3, -0.25) is 0 Å². The van der Waals surface area contributed by atoms with Crippen LogP contribution in [0.3, 0.4) is 0 Å². The molecule has 0 aromatic rings. The van der Waals surface area contributed by atoms with E-state index >= 15 is 0 Å². The Balaban J connectivity index is 3.95. The van der Waals surface area contributed by atoms with E-state index < -0.39 is 14.3 Å². The third kappa shape index (κ3) is 8.90. The van der Waals surface area contributed by atoms with E-state index in [-0.39, 0.29) is 18.4 Å². The van der Waals surface area contributed by atoms with Crippen LogP contribution >= 0.6 is 31.4 Å². The number of rotatable bonds is 8. The van der Waals surface area contributed by atoms with Crippen molar-refractivity contribution in [3.05, 3.63) is 0 Å². The van der Waals surface area contributed by atoms with Crippen LogP contribution < -0.4 is 4.89 Å². The van der Waals surface area contributed by atoms with Gasteiger partial charge in [-0.15, -0.1) is 23.2 Å². The normalized spacial score (nSPS) is 16.5. The minimum atomic E-state index is -4.05. The molecule has 0 bridgehead atoms. The molecule has 1 unspecified atom stereocenters. The zero-order valence-electron chi connectivity index (χ0n) is 9.73. The summed E-state index contributed by atoms with van der Waals surface area (Å²) in [7, 11) is 1.81. The van der Waals surface area contributed by atoms with Gasteiger partial charge in [-0.1, -0.05) is 0 Å². The molecule has 1 N–H and O–H groups in total. The molecule has 0 amide bonds. The fourth-order valence-corrected chi connectivity index (χ4v) is 2.28. The average Bonchev–Trinajstić information content (AvgIpc) is 2.11. The highest BCUT2D eigenvalue weighted by Gasteiger charge is 2.32. The minimum absolute atomic E-state index is 0.0484. The van der Waals surface area contributed by atoms with Gasteiger partial charge >= 0.3 is 8.17 Å². The quantitative estimate of drug-likeness (QED) is 0.405. The lowest BCUT2D eigenvalue weighted by Gasteiger charge is -2.26. The van der Waals surface area contributed by atoms with Crippen LogP contribution in [0.25, 0.3) is 0 Å². The van der Waals surface area contributed by atoms with Gasteiger partial charge in [0.15, 0.2) is 0 Å². The maximum absolute atomic E-state index is 11.4. The summed E-state index contributed by atoms with van der Waals surface area (Å²) >= 11 is 11.0. The van der Waals surface area contributed by atoms with Crippen molar-refractivity contribution >= 4 is 31.4 Å². The molecule has 0 aromatic carbocycles. The summed E-state index contributed by atoms with van der Waals surface area (Å²) in [5.74, 6) is 0.0967. The number of nitrogens with zero attached hydrogens (tertiary/aromatic N) is 1. The molecule has 8 heteroatoms. The minimum Gasteiger partial charge on any atom is -0.606 e. The second-order valence-corrected chi connectivity index (χ2v) is 6.38. The van der Waals surface area contributed by atoms with Crippen molar-refractivity contribution in [2.75, 3.05) is 46.1 Å². The standard InChI is InChI=1S/C8H18Cl2NO4P/c1-11(2,3)4-5-14-16(12,13)15-8(6-9)7-10/h8H,4-7H2,1-3H3/p+1. The molecular formula is C8H19Cl2NO4P+. The summed E-state index contributed by atoms with van der Waals surface area (Å²) in [5, 5.41) is 0. The van der Waals surface area contributed by atoms with Crippen molar-refractivity contribution in [3.8, 4) is 0 Å². The van der Waals surface area contributed by atoms with Crippen molar-refractivity contribution < 1.29 is 23.3 Å². The highest BCUT2D eigenvalue weighted by molar-refractivity contribution is 7.52. The SMILES string of the molecule is C[N+](C)(C)CCO[P+]([O-])(O)OC(CCl)CCl. The van der Waals surface area contributed by atoms with Gasteiger partial charge in [0.2, 0.25) is 0 Å². The summed E-state index contributed by atoms with van der Waals surface area (Å²) in [6, 6.07) is 0. The van der Waals surface area contributed by atoms with Crippen molar-refractivity contribution in [2.45, 2.75) is 6.10 Å². The number of hydrogen-bond acceptors (Lipinski definition) is 4. The number of phosphoric acid groups is 1. The number of alkyl halides is 2. The predicted molar refractivity (Wildman–Crippen MR) is 64.3 cm³/mol. The molecule has 0 fully saturated rings. The number of quaternary nitrogens is 1. The highest BCUT2D eigenvalue weighted by Crippen LogP contribution is 2.48. The van der Waals surface area contributed by atoms with Crippen molar-refractivity contribution in [1.29, 1.82) is 0 Å². The number of halogens is 2. The largest absolute Gasteiger partial charge is 0.606 e. The molecule has 0 saturated carbocycles. The van der Waals surface area contributed by atoms with Crippen LogP contribution in [0.4, 0.5) is 0 Å². The van der Waals surface area contributed by atoms with E-state index in [1.165, 1.54) is 0 Å². The van der Waals surface area contributed by atoms with Crippen molar-refractivity contribution in [2.24, 2.45) is 0 Å². The molecule has 0 aliphatic heterocycles. The molecule has 5 nitrogen and oxygen atoms in total. The first-order valence-electron chi connectivity index (χ1n) is 4.78. The summed E-state index contributed by atoms with van der Waals surface area (Å²) in [4.78, 5) is 20.7. The smallest absolute Gasteiger partial charge is 0.377 e. The molecule has 1 atom stereocenters. The fourth-order valence-electron chi connectivity index (χ4n) is 0.746. The molecule has 0 aliphatic carbocycles. The molecule has 0 rings (SSSR count). The first-order chi connectivity index (χ1) is 7.20. The Bertz CT molecular complexity index is 197. The van der Waals surface area contributed by atoms with Gasteiger partial charge in [0.1, 0.15) is 19.3 Å². The predicted octanol–water partition coefficient (Wildman–Crippen LogP) is 0.602. The van der Waals surface area contributed by atoms with Gasteiger partial charge in [0, 0.05) is 0 Å². The number of hydrogen-bond donors (Lipinski definition) is 1. The second kappa shape index (κ2) is 7.29. The lowest BCUT2D eigenvalue weighted by atomic mass is 10.5. The van der Waals surface area contributed by atoms with E-state index in [0.717, 1.165) is 0 Å². The van der Waals surface area contributed by atoms with E-state index in [4.69, 9.17) is 32.2 Å². The highest BCUT2D eigenvalue weighted by atomic mass is 35.5. The molecule has 0 aromatic heterocycles. The average molecular weight is 295 g/mol. The molecule has 0 heterocycles. The summed E-state index contributed by atoms with van der Waals surface area (Å²) in [5.41, 5.74) is 0. The van der Waals surface area contributed by atoms with Crippen LogP contribution in [0.15, 0.2) is 0 Å². The van der Waals surface area contributed by atoms with Crippen LogP contribution in [0.2, 0.25) is 0 Å². The van der Waals surface area contributed by atoms with Gasteiger partial charge in [0.05, 0.1) is 32.9 Å². The Morgan fingerprint density at radius 2 is 1.81 bits per heavy atom. The van der Waals surface area contributed by atoms with E-state index in [0.29, 0.717) is 11.0 Å². The molecular weight excluding hydrogens is 276 g/mol. The lowest BCUT2D eigenvalue weighted by molar-refractivity contribution is -0.870. The van der Waals surface area contributed by atoms with E-state index in [1.807, 2.05) is 21.1 Å². The van der Waals surface area contributed by atoms with Gasteiger partial charge in [0.25, 0.3) is 0 Å². The summed E-state index contributed by atoms with van der Waals surface area (Å²) in [6.45, 7) is 0.731. The topological polar surface area (TPSA) is 61.8 Å². The Labute approximate surface area is 107 Å². The summed E-state index contributed by atoms with van der Waals surface area (Å²) < 4.78 is 10.2. The fraction of sp³-hybridized carbons (Fsp3) is 1.00. The first kappa shape index (κ1) is 16.8. The number of phosphoric ester groups is 1. The van der Waals surface area contributed by atoms with Gasteiger partial charge in [-0.05, 0) is 0 Å². The molecule has 0 aliphatic rings. The zero-order valence-corrected chi connectivity index (χ0v) is 12.1. The van der Waals surface area contributed by atoms with Crippen LogP contribution in [-0.4, -0.2) is 61.5 Å². The zero-order chi connectivity index (χ0) is 12.8. The number of likely N-dealkylation sites (N-methyl/N-ethyl adjacent to an activating group) is 1. The molecule has 0 spiro atoms. The maximum Gasteiger partial charge on any atom is 0.377 e. The van der Waals surface area contributed by atoms with E-state index in [2.05, 4.69) is 0 Å². The molecule has 16 heavy (non-hydrogen) atoms. The molecule has 0 saturated heterocycles. The van der Waals surface area contributed by atoms with Gasteiger partial charge in [-0.2, -0.15) is 13.9 Å². The van der Waals surface area contributed by atoms with E-state index in [1.54, 1.807) is 0 Å². The van der Waals surface area contributed by atoms with Crippen LogP contribution in [0.1, 0.15) is 0 Å². The third-order valence-electron chi connectivity index (χ3n) is 1.64. The van der Waals surface area contributed by atoms with Crippen molar-refractivity contribution in [1.82, 2.24) is 0 Å². The molecule has 0 radical (unpaired) electrons. The Morgan fingerprint density at radius 1 is 1.31 bits per heavy atom. The van der Waals surface area contributed by atoms with Crippen LogP contribution in [0.5, 0.6) is 0 Å². The second-order valence-electron chi connectivity index (χ2n) is 4.35. The summed E-state index contributed by atoms with van der Waals surface area (Å²) in [6.07, 6.45) is -0.678. The van der Waals surface area contributed by atoms with Gasteiger partial charge < -0.3 is 9.38 Å². The monoisotopic (exact) mass is 294 g/mol. The first-order valence-corrected chi connectivity index (χ1v) is 7.35. The van der Waals surface area contributed by atoms with Crippen LogP contribution in [-0.2, 0) is 9.05 Å². The van der Waals surface area contributed by atoms with Crippen LogP contribution in [0, 0.1) is 0 Å². The third-order valence-corrected chi connectivity index (χ3v) is 3.40. The Morgan fingerprint density at radius 3 is 2.19 bits per heavy atom. The van der Waals surface area contributed by atoms with Crippen molar-refractivity contribution in [3.63, 3.8) is 0 Å². The Kier molecular flexibility index (Phi) is 7.66. The lowest BCUT2D eigenvalue weighted by Crippen LogP contribution is -2.38. The van der Waals surface area contributed by atoms with Gasteiger partial charge in [-0.25, -0.2) is 0 Å². The Hall–Kier alpha value is 0.810. The van der Waals surface area contributed by atoms with E-state index in [9.17, 15) is 9.79 Å². The molecule has 98 valence electrons. The maximum atomic E-state index is 11.4.